The van der Waals surface area contributed by atoms with Gasteiger partial charge in [0.2, 0.25) is 5.91 Å². The zero-order valence-electron chi connectivity index (χ0n) is 15.2. The summed E-state index contributed by atoms with van der Waals surface area (Å²) in [5, 5.41) is 0. The summed E-state index contributed by atoms with van der Waals surface area (Å²) in [4.78, 5) is 33.4. The topological polar surface area (TPSA) is 53.5 Å². The maximum Gasteiger partial charge on any atom is 0.255 e. The Morgan fingerprint density at radius 3 is 2.73 bits per heavy atom. The van der Waals surface area contributed by atoms with Gasteiger partial charge in [0.15, 0.2) is 0 Å². The average molecular weight is 349 g/mol. The highest BCUT2D eigenvalue weighted by Gasteiger charge is 2.48. The Morgan fingerprint density at radius 1 is 1.15 bits per heavy atom. The summed E-state index contributed by atoms with van der Waals surface area (Å²) < 4.78 is 0. The predicted octanol–water partition coefficient (Wildman–Crippen LogP) is 2.97. The monoisotopic (exact) mass is 349 g/mol. The van der Waals surface area contributed by atoms with Crippen molar-refractivity contribution in [2.45, 2.75) is 26.7 Å². The van der Waals surface area contributed by atoms with Crippen molar-refractivity contribution in [1.82, 2.24) is 9.88 Å². The van der Waals surface area contributed by atoms with Gasteiger partial charge in [-0.1, -0.05) is 12.1 Å². The van der Waals surface area contributed by atoms with E-state index >= 15 is 0 Å². The van der Waals surface area contributed by atoms with Crippen LogP contribution in [0.4, 0.5) is 5.69 Å². The predicted molar refractivity (Wildman–Crippen MR) is 100 cm³/mol. The minimum atomic E-state index is -0.130. The van der Waals surface area contributed by atoms with Gasteiger partial charge in [-0.2, -0.15) is 0 Å². The first-order valence-corrected chi connectivity index (χ1v) is 9.05. The molecule has 1 unspecified atom stereocenters. The van der Waals surface area contributed by atoms with Crippen LogP contribution in [0.5, 0.6) is 0 Å². The van der Waals surface area contributed by atoms with Crippen molar-refractivity contribution in [2.24, 2.45) is 5.41 Å². The number of hydrogen-bond acceptors (Lipinski definition) is 3. The molecule has 0 saturated carbocycles. The van der Waals surface area contributed by atoms with Crippen LogP contribution in [-0.4, -0.2) is 41.3 Å². The number of rotatable bonds is 2. The summed E-state index contributed by atoms with van der Waals surface area (Å²) in [5.41, 5.74) is 3.49. The molecule has 3 heterocycles. The highest BCUT2D eigenvalue weighted by molar-refractivity contribution is 5.97. The molecule has 2 fully saturated rings. The van der Waals surface area contributed by atoms with Gasteiger partial charge in [0.05, 0.1) is 5.56 Å². The van der Waals surface area contributed by atoms with Gasteiger partial charge in [0, 0.05) is 49.0 Å². The van der Waals surface area contributed by atoms with Crippen molar-refractivity contribution >= 4 is 17.5 Å². The summed E-state index contributed by atoms with van der Waals surface area (Å²) in [6.45, 7) is 5.95. The van der Waals surface area contributed by atoms with E-state index in [9.17, 15) is 9.59 Å². The summed E-state index contributed by atoms with van der Waals surface area (Å²) in [5.74, 6) is 0.165. The van der Waals surface area contributed by atoms with E-state index in [4.69, 9.17) is 0 Å². The van der Waals surface area contributed by atoms with E-state index in [-0.39, 0.29) is 17.2 Å². The van der Waals surface area contributed by atoms with Crippen LogP contribution < -0.4 is 4.90 Å². The number of hydrogen-bond donors (Lipinski definition) is 0. The molecular weight excluding hydrogens is 326 g/mol. The first-order valence-electron chi connectivity index (χ1n) is 9.05. The number of amides is 2. The largest absolute Gasteiger partial charge is 0.338 e. The first-order chi connectivity index (χ1) is 12.5. The second-order valence-electron chi connectivity index (χ2n) is 7.66. The molecule has 0 bridgehead atoms. The number of pyridine rings is 1. The summed E-state index contributed by atoms with van der Waals surface area (Å²) in [7, 11) is 0. The van der Waals surface area contributed by atoms with Crippen molar-refractivity contribution in [3.05, 3.63) is 59.4 Å². The molecule has 5 nitrogen and oxygen atoms in total. The molecule has 1 spiro atoms. The van der Waals surface area contributed by atoms with Crippen LogP contribution >= 0.6 is 0 Å². The fourth-order valence-corrected chi connectivity index (χ4v) is 4.09. The molecule has 2 aliphatic heterocycles. The zero-order chi connectivity index (χ0) is 18.3. The van der Waals surface area contributed by atoms with E-state index in [0.717, 1.165) is 23.4 Å². The summed E-state index contributed by atoms with van der Waals surface area (Å²) >= 11 is 0. The van der Waals surface area contributed by atoms with Crippen LogP contribution in [0, 0.1) is 19.3 Å². The van der Waals surface area contributed by atoms with E-state index in [2.05, 4.69) is 4.98 Å². The first kappa shape index (κ1) is 16.8. The lowest BCUT2D eigenvalue weighted by Crippen LogP contribution is -2.34. The second kappa shape index (κ2) is 6.24. The molecule has 2 aliphatic rings. The van der Waals surface area contributed by atoms with Crippen molar-refractivity contribution in [3.63, 3.8) is 0 Å². The molecule has 2 saturated heterocycles. The molecule has 1 aromatic carbocycles. The number of benzene rings is 1. The fraction of sp³-hybridized carbons (Fsp3) is 0.381. The third-order valence-corrected chi connectivity index (χ3v) is 5.52. The lowest BCUT2D eigenvalue weighted by Gasteiger charge is -2.24. The highest BCUT2D eigenvalue weighted by Crippen LogP contribution is 2.42. The third-order valence-electron chi connectivity index (χ3n) is 5.52. The Balaban J connectivity index is 1.50. The number of likely N-dealkylation sites (tertiary alicyclic amines) is 1. The van der Waals surface area contributed by atoms with Crippen molar-refractivity contribution in [3.8, 4) is 0 Å². The number of carbonyl (C=O) groups is 2. The van der Waals surface area contributed by atoms with E-state index in [0.29, 0.717) is 31.6 Å². The van der Waals surface area contributed by atoms with Crippen LogP contribution in [0.3, 0.4) is 0 Å². The zero-order valence-corrected chi connectivity index (χ0v) is 15.2. The normalized spacial score (nSPS) is 22.5. The summed E-state index contributed by atoms with van der Waals surface area (Å²) in [6, 6.07) is 11.7. The molecule has 4 rings (SSSR count). The molecule has 5 heteroatoms. The Bertz CT molecular complexity index is 862. The SMILES string of the molecule is Cc1cccc(N2CC3(CCN(C(=O)c4ccc(C)nc4)C3)CC2=O)c1. The Morgan fingerprint density at radius 2 is 2.00 bits per heavy atom. The maximum absolute atomic E-state index is 12.8. The lowest BCUT2D eigenvalue weighted by molar-refractivity contribution is -0.117. The van der Waals surface area contributed by atoms with Gasteiger partial charge in [-0.15, -0.1) is 0 Å². The van der Waals surface area contributed by atoms with E-state index in [1.807, 2.05) is 60.0 Å². The van der Waals surface area contributed by atoms with Gasteiger partial charge >= 0.3 is 0 Å². The van der Waals surface area contributed by atoms with Crippen LogP contribution in [-0.2, 0) is 4.79 Å². The highest BCUT2D eigenvalue weighted by atomic mass is 16.2. The van der Waals surface area contributed by atoms with Crippen molar-refractivity contribution in [1.29, 1.82) is 0 Å². The van der Waals surface area contributed by atoms with Gasteiger partial charge in [-0.05, 0) is 50.1 Å². The molecule has 2 amide bonds. The minimum Gasteiger partial charge on any atom is -0.338 e. The minimum absolute atomic E-state index is 0.0100. The molecule has 0 aliphatic carbocycles. The Hall–Kier alpha value is -2.69. The number of carbonyl (C=O) groups excluding carboxylic acids is 2. The van der Waals surface area contributed by atoms with Gasteiger partial charge < -0.3 is 9.80 Å². The van der Waals surface area contributed by atoms with Crippen LogP contribution in [0.25, 0.3) is 0 Å². The molecule has 2 aromatic rings. The van der Waals surface area contributed by atoms with Crippen molar-refractivity contribution < 1.29 is 9.59 Å². The van der Waals surface area contributed by atoms with E-state index in [1.165, 1.54) is 0 Å². The Kier molecular flexibility index (Phi) is 4.02. The quantitative estimate of drug-likeness (QED) is 0.838. The molecular formula is C21H23N3O2. The molecule has 1 aromatic heterocycles. The van der Waals surface area contributed by atoms with Crippen LogP contribution in [0.1, 0.15) is 34.5 Å². The second-order valence-corrected chi connectivity index (χ2v) is 7.66. The molecule has 134 valence electrons. The molecule has 0 N–H and O–H groups in total. The van der Waals surface area contributed by atoms with Crippen molar-refractivity contribution in [2.75, 3.05) is 24.5 Å². The Labute approximate surface area is 153 Å². The lowest BCUT2D eigenvalue weighted by atomic mass is 9.86. The molecule has 0 radical (unpaired) electrons. The van der Waals surface area contributed by atoms with E-state index < -0.39 is 0 Å². The van der Waals surface area contributed by atoms with Gasteiger partial charge in [0.25, 0.3) is 5.91 Å². The average Bonchev–Trinajstić information content (AvgIpc) is 3.18. The summed E-state index contributed by atoms with van der Waals surface area (Å²) in [6.07, 6.45) is 3.02. The van der Waals surface area contributed by atoms with Crippen LogP contribution in [0.2, 0.25) is 0 Å². The number of anilines is 1. The molecule has 1 atom stereocenters. The smallest absolute Gasteiger partial charge is 0.255 e. The standard InChI is InChI=1S/C21H23N3O2/c1-15-4-3-5-18(10-15)24-14-21(11-19(24)25)8-9-23(13-21)20(26)17-7-6-16(2)22-12-17/h3-7,10,12H,8-9,11,13-14H2,1-2H3. The maximum atomic E-state index is 12.8. The van der Waals surface area contributed by atoms with E-state index in [1.54, 1.807) is 6.20 Å². The number of nitrogens with zero attached hydrogens (tertiary/aromatic N) is 3. The molecule has 26 heavy (non-hydrogen) atoms. The van der Waals surface area contributed by atoms with Crippen LogP contribution in [0.15, 0.2) is 42.6 Å². The van der Waals surface area contributed by atoms with Gasteiger partial charge in [-0.25, -0.2) is 0 Å². The number of aryl methyl sites for hydroxylation is 2. The fourth-order valence-electron chi connectivity index (χ4n) is 4.09. The van der Waals surface area contributed by atoms with Gasteiger partial charge in [0.1, 0.15) is 0 Å². The van der Waals surface area contributed by atoms with Gasteiger partial charge in [-0.3, -0.25) is 14.6 Å². The number of aromatic nitrogens is 1. The third kappa shape index (κ3) is 2.98.